The molecule has 0 saturated heterocycles. The van der Waals surface area contributed by atoms with E-state index >= 15 is 0 Å². The summed E-state index contributed by atoms with van der Waals surface area (Å²) in [6.07, 6.45) is 2.91. The van der Waals surface area contributed by atoms with Crippen LogP contribution in [0, 0.1) is 0 Å². The number of hydrogen-bond donors (Lipinski definition) is 4. The molecule has 1 unspecified atom stereocenters. The Bertz CT molecular complexity index is 696. The molecule has 0 spiro atoms. The lowest BCUT2D eigenvalue weighted by molar-refractivity contribution is -0.139. The number of rotatable bonds is 6. The lowest BCUT2D eigenvalue weighted by Crippen LogP contribution is -2.43. The molecule has 0 fully saturated rings. The maximum atomic E-state index is 11.4. The minimum atomic E-state index is -1.24. The summed E-state index contributed by atoms with van der Waals surface area (Å²) in [5.41, 5.74) is 1.70. The van der Waals surface area contributed by atoms with Crippen LogP contribution in [-0.2, 0) is 16.0 Å². The Morgan fingerprint density at radius 1 is 1.25 bits per heavy atom. The number of carbonyl (C=O) groups excluding carboxylic acids is 1. The van der Waals surface area contributed by atoms with Crippen molar-refractivity contribution >= 4 is 11.9 Å². The second-order valence-corrected chi connectivity index (χ2v) is 5.50. The van der Waals surface area contributed by atoms with Crippen LogP contribution in [0.15, 0.2) is 47.8 Å². The number of carboxylic acid groups (broad SMARTS) is 1. The van der Waals surface area contributed by atoms with Crippen molar-refractivity contribution in [3.8, 4) is 5.75 Å². The Balaban J connectivity index is 2.20. The van der Waals surface area contributed by atoms with E-state index in [9.17, 15) is 19.8 Å². The van der Waals surface area contributed by atoms with Crippen molar-refractivity contribution < 1.29 is 24.9 Å². The Kier molecular flexibility index (Phi) is 5.59. The number of allylic oxidation sites excluding steroid dienone is 2. The molecule has 0 radical (unpaired) electrons. The number of para-hydroxylation sites is 1. The molecule has 0 aromatic heterocycles. The number of phenols is 1. The number of amides is 1. The summed E-state index contributed by atoms with van der Waals surface area (Å²) < 4.78 is 0. The number of aliphatic hydroxyl groups excluding tert-OH is 1. The first-order chi connectivity index (χ1) is 11.4. The van der Waals surface area contributed by atoms with Crippen LogP contribution in [0.2, 0.25) is 0 Å². The predicted octanol–water partition coefficient (Wildman–Crippen LogP) is 0.947. The first-order valence-electron chi connectivity index (χ1n) is 7.49. The number of aliphatic carboxylic acids is 1. The molecule has 7 nitrogen and oxygen atoms in total. The Morgan fingerprint density at radius 3 is 2.58 bits per heavy atom. The molecule has 0 aliphatic carbocycles. The van der Waals surface area contributed by atoms with Crippen LogP contribution in [0.4, 0.5) is 0 Å². The molecule has 1 aliphatic heterocycles. The van der Waals surface area contributed by atoms with Gasteiger partial charge < -0.3 is 25.5 Å². The highest BCUT2D eigenvalue weighted by Gasteiger charge is 2.26. The molecular formula is C17H20N2O5. The molecule has 7 heteroatoms. The largest absolute Gasteiger partial charge is 0.508 e. The molecule has 1 aliphatic rings. The van der Waals surface area contributed by atoms with Crippen molar-refractivity contribution in [2.75, 3.05) is 6.54 Å². The molecule has 1 aromatic rings. The van der Waals surface area contributed by atoms with Crippen molar-refractivity contribution in [1.82, 2.24) is 10.2 Å². The zero-order valence-corrected chi connectivity index (χ0v) is 13.3. The normalized spacial score (nSPS) is 17.1. The molecule has 1 heterocycles. The minimum absolute atomic E-state index is 0.187. The van der Waals surface area contributed by atoms with Crippen LogP contribution in [0.3, 0.4) is 0 Å². The molecule has 1 atom stereocenters. The molecule has 2 rings (SSSR count). The van der Waals surface area contributed by atoms with Crippen LogP contribution in [-0.4, -0.2) is 44.9 Å². The molecule has 1 amide bonds. The number of benzene rings is 1. The van der Waals surface area contributed by atoms with Gasteiger partial charge in [0.1, 0.15) is 12.3 Å². The summed E-state index contributed by atoms with van der Waals surface area (Å²) in [6, 6.07) is 6.94. The average Bonchev–Trinajstić information content (AvgIpc) is 2.51. The second-order valence-electron chi connectivity index (χ2n) is 5.50. The average molecular weight is 332 g/mol. The maximum Gasteiger partial charge on any atom is 0.323 e. The van der Waals surface area contributed by atoms with Crippen LogP contribution in [0.25, 0.3) is 0 Å². The fourth-order valence-electron chi connectivity index (χ4n) is 2.53. The van der Waals surface area contributed by atoms with Gasteiger partial charge in [0.05, 0.1) is 5.70 Å². The fourth-order valence-corrected chi connectivity index (χ4v) is 2.53. The number of nitrogens with zero attached hydrogens (tertiary/aromatic N) is 1. The third-order valence-corrected chi connectivity index (χ3v) is 3.67. The number of aliphatic hydroxyl groups is 1. The fraction of sp³-hybridized carbons (Fsp3) is 0.294. The van der Waals surface area contributed by atoms with Gasteiger partial charge in [-0.2, -0.15) is 0 Å². The number of aromatic hydroxyl groups is 1. The number of carboxylic acids is 1. The van der Waals surface area contributed by atoms with Crippen molar-refractivity contribution in [3.05, 3.63) is 53.4 Å². The van der Waals surface area contributed by atoms with Crippen LogP contribution < -0.4 is 5.32 Å². The zero-order valence-electron chi connectivity index (χ0n) is 13.3. The van der Waals surface area contributed by atoms with E-state index in [1.165, 1.54) is 18.0 Å². The van der Waals surface area contributed by atoms with E-state index < -0.39 is 12.2 Å². The van der Waals surface area contributed by atoms with Gasteiger partial charge in [0.25, 0.3) is 0 Å². The number of aryl methyl sites for hydroxylation is 1. The summed E-state index contributed by atoms with van der Waals surface area (Å²) >= 11 is 0. The first-order valence-corrected chi connectivity index (χ1v) is 7.49. The molecular weight excluding hydrogens is 312 g/mol. The van der Waals surface area contributed by atoms with Gasteiger partial charge in [-0.05, 0) is 36.1 Å². The highest BCUT2D eigenvalue weighted by Crippen LogP contribution is 2.25. The van der Waals surface area contributed by atoms with E-state index in [1.54, 1.807) is 24.3 Å². The van der Waals surface area contributed by atoms with Gasteiger partial charge in [-0.1, -0.05) is 18.2 Å². The molecule has 24 heavy (non-hydrogen) atoms. The van der Waals surface area contributed by atoms with Crippen LogP contribution >= 0.6 is 0 Å². The number of nitrogens with one attached hydrogen (secondary N) is 1. The summed E-state index contributed by atoms with van der Waals surface area (Å²) in [5, 5.41) is 31.6. The van der Waals surface area contributed by atoms with E-state index in [2.05, 4.69) is 5.32 Å². The van der Waals surface area contributed by atoms with Crippen molar-refractivity contribution in [1.29, 1.82) is 0 Å². The maximum absolute atomic E-state index is 11.4. The van der Waals surface area contributed by atoms with E-state index in [4.69, 9.17) is 5.11 Å². The van der Waals surface area contributed by atoms with E-state index in [-0.39, 0.29) is 23.9 Å². The van der Waals surface area contributed by atoms with E-state index in [1.807, 2.05) is 6.07 Å². The smallest absolute Gasteiger partial charge is 0.323 e. The highest BCUT2D eigenvalue weighted by atomic mass is 16.4. The second kappa shape index (κ2) is 7.65. The molecule has 0 saturated carbocycles. The summed E-state index contributed by atoms with van der Waals surface area (Å²) in [5.74, 6) is -1.25. The zero-order chi connectivity index (χ0) is 17.7. The molecule has 128 valence electrons. The Morgan fingerprint density at radius 2 is 1.96 bits per heavy atom. The predicted molar refractivity (Wildman–Crippen MR) is 86.8 cm³/mol. The topological polar surface area (TPSA) is 110 Å². The van der Waals surface area contributed by atoms with Gasteiger partial charge in [0.2, 0.25) is 5.91 Å². The van der Waals surface area contributed by atoms with Gasteiger partial charge in [0.15, 0.2) is 6.23 Å². The molecule has 4 N–H and O–H groups in total. The highest BCUT2D eigenvalue weighted by molar-refractivity contribution is 5.75. The molecule has 0 bridgehead atoms. The summed E-state index contributed by atoms with van der Waals surface area (Å²) in [4.78, 5) is 23.5. The standard InChI is InChI=1S/C17H20N2O5/c1-11(20)18-16-13(7-6-12-4-2-3-5-14(12)21)8-9-19(17(16)24)10-15(22)23/h2-5,8-9,17,21,24H,6-7,10H2,1H3,(H,18,20)(H,22,23). The van der Waals surface area contributed by atoms with E-state index in [0.717, 1.165) is 5.56 Å². The Labute approximate surface area is 139 Å². The third-order valence-electron chi connectivity index (χ3n) is 3.67. The number of carbonyl (C=O) groups is 2. The summed E-state index contributed by atoms with van der Waals surface area (Å²) in [7, 11) is 0. The van der Waals surface area contributed by atoms with Crippen molar-refractivity contribution in [2.24, 2.45) is 0 Å². The molecule has 1 aromatic carbocycles. The number of hydrogen-bond acceptors (Lipinski definition) is 5. The van der Waals surface area contributed by atoms with Gasteiger partial charge in [-0.15, -0.1) is 0 Å². The third kappa shape index (κ3) is 4.36. The van der Waals surface area contributed by atoms with Gasteiger partial charge in [-0.3, -0.25) is 9.59 Å². The van der Waals surface area contributed by atoms with Crippen molar-refractivity contribution in [3.63, 3.8) is 0 Å². The summed E-state index contributed by atoms with van der Waals surface area (Å²) in [6.45, 7) is 0.938. The van der Waals surface area contributed by atoms with E-state index in [0.29, 0.717) is 18.4 Å². The SMILES string of the molecule is CC(=O)NC1=C(CCc2ccccc2O)C=CN(CC(=O)O)C1O. The quantitative estimate of drug-likeness (QED) is 0.617. The number of phenolic OH excluding ortho intramolecular Hbond substituents is 1. The van der Waals surface area contributed by atoms with Gasteiger partial charge in [0, 0.05) is 13.1 Å². The monoisotopic (exact) mass is 332 g/mol. The van der Waals surface area contributed by atoms with Gasteiger partial charge >= 0.3 is 5.97 Å². The Hall–Kier alpha value is -2.80. The first kappa shape index (κ1) is 17.6. The van der Waals surface area contributed by atoms with Crippen molar-refractivity contribution in [2.45, 2.75) is 26.0 Å². The van der Waals surface area contributed by atoms with Crippen LogP contribution in [0.5, 0.6) is 5.75 Å². The van der Waals surface area contributed by atoms with Gasteiger partial charge in [-0.25, -0.2) is 0 Å². The lowest BCUT2D eigenvalue weighted by Gasteiger charge is -2.32. The minimum Gasteiger partial charge on any atom is -0.508 e. The van der Waals surface area contributed by atoms with Crippen LogP contribution in [0.1, 0.15) is 18.9 Å². The lowest BCUT2D eigenvalue weighted by atomic mass is 9.99.